The van der Waals surface area contributed by atoms with Gasteiger partial charge in [-0.1, -0.05) is 51.3 Å². The molecule has 0 spiro atoms. The van der Waals surface area contributed by atoms with E-state index in [2.05, 4.69) is 13.2 Å². The van der Waals surface area contributed by atoms with Gasteiger partial charge in [0.25, 0.3) is 0 Å². The standard InChI is InChI=1S/C16H20O4.C2H6/c1-13-6-4-5-7-16(13)12-14(2)19-10-8-18-9-11-20-15(3)17;1-2/h4-7,12H,1-2,8-11H2,3H3;1-2H3/b16-12-;. The summed E-state index contributed by atoms with van der Waals surface area (Å²) in [5, 5.41) is 1.91. The molecule has 0 aliphatic heterocycles. The minimum Gasteiger partial charge on any atom is -0.492 e. The Balaban J connectivity index is 0.00000211. The second kappa shape index (κ2) is 12.7. The number of hydrogen-bond acceptors (Lipinski definition) is 4. The Kier molecular flexibility index (Phi) is 11.5. The number of carbonyl (C=O) groups excluding carboxylic acids is 1. The molecular formula is C18H26O4. The van der Waals surface area contributed by atoms with E-state index in [1.54, 1.807) is 0 Å². The van der Waals surface area contributed by atoms with Crippen molar-refractivity contribution < 1.29 is 19.0 Å². The average Bonchev–Trinajstić information content (AvgIpc) is 2.50. The topological polar surface area (TPSA) is 44.8 Å². The van der Waals surface area contributed by atoms with Crippen molar-refractivity contribution in [1.82, 2.24) is 0 Å². The zero-order chi connectivity index (χ0) is 16.8. The quantitative estimate of drug-likeness (QED) is 0.419. The van der Waals surface area contributed by atoms with Gasteiger partial charge in [0.2, 0.25) is 0 Å². The second-order valence-corrected chi connectivity index (χ2v) is 4.11. The van der Waals surface area contributed by atoms with Crippen LogP contribution in [0.25, 0.3) is 12.7 Å². The van der Waals surface area contributed by atoms with Crippen LogP contribution in [-0.2, 0) is 19.0 Å². The number of allylic oxidation sites excluding steroid dienone is 1. The minimum atomic E-state index is -0.306. The zero-order valence-corrected chi connectivity index (χ0v) is 13.8. The molecule has 0 aromatic heterocycles. The highest BCUT2D eigenvalue weighted by molar-refractivity contribution is 5.65. The summed E-state index contributed by atoms with van der Waals surface area (Å²) in [6.45, 7) is 14.5. The van der Waals surface area contributed by atoms with Crippen molar-refractivity contribution in [3.63, 3.8) is 0 Å². The summed E-state index contributed by atoms with van der Waals surface area (Å²) in [4.78, 5) is 10.5. The van der Waals surface area contributed by atoms with Crippen molar-refractivity contribution in [3.05, 3.63) is 47.0 Å². The molecule has 1 aromatic carbocycles. The van der Waals surface area contributed by atoms with Gasteiger partial charge in [-0.05, 0) is 16.5 Å². The Bertz CT molecular complexity index is 548. The van der Waals surface area contributed by atoms with Crippen molar-refractivity contribution in [2.24, 2.45) is 0 Å². The van der Waals surface area contributed by atoms with Gasteiger partial charge in [0.15, 0.2) is 0 Å². The van der Waals surface area contributed by atoms with Gasteiger partial charge in [-0.2, -0.15) is 0 Å². The molecule has 0 atom stereocenters. The molecule has 4 heteroatoms. The largest absolute Gasteiger partial charge is 0.492 e. The highest BCUT2D eigenvalue weighted by Crippen LogP contribution is 1.94. The number of ether oxygens (including phenoxy) is 3. The first kappa shape index (κ1) is 19.9. The SMILES string of the molecule is C=C(/C=c1/ccccc1=C)OCCOCCOC(C)=O.CC. The van der Waals surface area contributed by atoms with Crippen LogP contribution < -0.4 is 10.4 Å². The highest BCUT2D eigenvalue weighted by atomic mass is 16.6. The summed E-state index contributed by atoms with van der Waals surface area (Å²) in [7, 11) is 0. The van der Waals surface area contributed by atoms with Gasteiger partial charge in [-0.15, -0.1) is 0 Å². The summed E-state index contributed by atoms with van der Waals surface area (Å²) in [5.74, 6) is 0.254. The predicted molar refractivity (Wildman–Crippen MR) is 89.6 cm³/mol. The van der Waals surface area contributed by atoms with E-state index < -0.39 is 0 Å². The molecular weight excluding hydrogens is 280 g/mol. The summed E-state index contributed by atoms with van der Waals surface area (Å²) in [6.07, 6.45) is 1.83. The average molecular weight is 306 g/mol. The van der Waals surface area contributed by atoms with E-state index in [9.17, 15) is 4.79 Å². The molecule has 0 radical (unpaired) electrons. The summed E-state index contributed by atoms with van der Waals surface area (Å²) in [5.41, 5.74) is 0. The molecule has 0 heterocycles. The fraction of sp³-hybridized carbons (Fsp3) is 0.389. The Hall–Kier alpha value is -2.07. The van der Waals surface area contributed by atoms with Gasteiger partial charge in [0.05, 0.1) is 13.2 Å². The van der Waals surface area contributed by atoms with Gasteiger partial charge >= 0.3 is 5.97 Å². The summed E-state index contributed by atoms with van der Waals surface area (Å²) < 4.78 is 15.4. The van der Waals surface area contributed by atoms with Crippen LogP contribution in [0.2, 0.25) is 0 Å². The third-order valence-electron chi connectivity index (χ3n) is 2.42. The van der Waals surface area contributed by atoms with Crippen LogP contribution in [0.5, 0.6) is 0 Å². The first-order chi connectivity index (χ1) is 10.6. The van der Waals surface area contributed by atoms with Crippen molar-refractivity contribution in [1.29, 1.82) is 0 Å². The maximum atomic E-state index is 10.5. The van der Waals surface area contributed by atoms with Crippen LogP contribution in [0.15, 0.2) is 36.6 Å². The molecule has 0 fully saturated rings. The smallest absolute Gasteiger partial charge is 0.302 e. The first-order valence-electron chi connectivity index (χ1n) is 7.38. The number of hydrogen-bond donors (Lipinski definition) is 0. The van der Waals surface area contributed by atoms with E-state index in [1.165, 1.54) is 6.92 Å². The lowest BCUT2D eigenvalue weighted by molar-refractivity contribution is -0.142. The van der Waals surface area contributed by atoms with Crippen molar-refractivity contribution in [2.45, 2.75) is 20.8 Å². The van der Waals surface area contributed by atoms with E-state index in [4.69, 9.17) is 14.2 Å². The Labute approximate surface area is 132 Å². The maximum absolute atomic E-state index is 10.5. The van der Waals surface area contributed by atoms with E-state index in [0.29, 0.717) is 25.6 Å². The third kappa shape index (κ3) is 9.77. The van der Waals surface area contributed by atoms with Crippen molar-refractivity contribution >= 4 is 18.6 Å². The molecule has 1 aromatic rings. The van der Waals surface area contributed by atoms with Gasteiger partial charge < -0.3 is 14.2 Å². The number of rotatable bonds is 8. The molecule has 22 heavy (non-hydrogen) atoms. The molecule has 0 unspecified atom stereocenters. The molecule has 0 saturated carbocycles. The highest BCUT2D eigenvalue weighted by Gasteiger charge is 1.94. The number of esters is 1. The van der Waals surface area contributed by atoms with Crippen LogP contribution in [0, 0.1) is 0 Å². The van der Waals surface area contributed by atoms with E-state index >= 15 is 0 Å². The second-order valence-electron chi connectivity index (χ2n) is 4.11. The summed E-state index contributed by atoms with van der Waals surface area (Å²) >= 11 is 0. The zero-order valence-electron chi connectivity index (χ0n) is 13.8. The number of carbonyl (C=O) groups is 1. The fourth-order valence-electron chi connectivity index (χ4n) is 1.47. The predicted octanol–water partition coefficient (Wildman–Crippen LogP) is 2.01. The van der Waals surface area contributed by atoms with Crippen LogP contribution in [0.4, 0.5) is 0 Å². The van der Waals surface area contributed by atoms with Gasteiger partial charge in [0.1, 0.15) is 19.0 Å². The summed E-state index contributed by atoms with van der Waals surface area (Å²) in [6, 6.07) is 7.75. The molecule has 122 valence electrons. The fourth-order valence-corrected chi connectivity index (χ4v) is 1.47. The molecule has 0 bridgehead atoms. The third-order valence-corrected chi connectivity index (χ3v) is 2.42. The first-order valence-corrected chi connectivity index (χ1v) is 7.38. The Morgan fingerprint density at radius 1 is 1.09 bits per heavy atom. The molecule has 0 N–H and O–H groups in total. The monoisotopic (exact) mass is 306 g/mol. The minimum absolute atomic E-state index is 0.261. The molecule has 0 saturated heterocycles. The van der Waals surface area contributed by atoms with Crippen LogP contribution in [-0.4, -0.2) is 32.4 Å². The lowest BCUT2D eigenvalue weighted by Crippen LogP contribution is -2.22. The molecule has 0 aliphatic carbocycles. The molecule has 1 rings (SSSR count). The van der Waals surface area contributed by atoms with E-state index in [-0.39, 0.29) is 12.6 Å². The lowest BCUT2D eigenvalue weighted by atomic mass is 10.2. The van der Waals surface area contributed by atoms with Gasteiger partial charge in [0, 0.05) is 6.92 Å². The van der Waals surface area contributed by atoms with Crippen LogP contribution >= 0.6 is 0 Å². The molecule has 0 aliphatic rings. The number of benzene rings is 1. The lowest BCUT2D eigenvalue weighted by Gasteiger charge is -2.07. The van der Waals surface area contributed by atoms with E-state index in [1.807, 2.05) is 44.2 Å². The van der Waals surface area contributed by atoms with Crippen molar-refractivity contribution in [2.75, 3.05) is 26.4 Å². The van der Waals surface area contributed by atoms with Crippen molar-refractivity contribution in [3.8, 4) is 0 Å². The van der Waals surface area contributed by atoms with Crippen LogP contribution in [0.3, 0.4) is 0 Å². The van der Waals surface area contributed by atoms with Gasteiger partial charge in [-0.25, -0.2) is 0 Å². The van der Waals surface area contributed by atoms with E-state index in [0.717, 1.165) is 10.4 Å². The normalized spacial score (nSPS) is 10.4. The maximum Gasteiger partial charge on any atom is 0.302 e. The Morgan fingerprint density at radius 2 is 1.68 bits per heavy atom. The van der Waals surface area contributed by atoms with Crippen LogP contribution in [0.1, 0.15) is 20.8 Å². The molecule has 4 nitrogen and oxygen atoms in total. The molecule has 0 amide bonds. The Morgan fingerprint density at radius 3 is 2.27 bits per heavy atom. The van der Waals surface area contributed by atoms with Gasteiger partial charge in [-0.3, -0.25) is 4.79 Å².